The van der Waals surface area contributed by atoms with Crippen LogP contribution < -0.4 is 9.80 Å². The van der Waals surface area contributed by atoms with Gasteiger partial charge in [0.25, 0.3) is 0 Å². The minimum absolute atomic E-state index is 0.128. The molecule has 1 aliphatic heterocycles. The first-order valence-electron chi connectivity index (χ1n) is 8.20. The van der Waals surface area contributed by atoms with Crippen molar-refractivity contribution in [2.75, 3.05) is 37.0 Å². The standard InChI is InChI=1S/C17H19N5O4/c1-20(13-8-4-3-7-12(13)17(23)26-2)15-14(22(24)25)16(19-11-18-15)21-9-5-6-10-21/h3-4,7-8,11H,5-6,9-10H2,1-2H3. The lowest BCUT2D eigenvalue weighted by atomic mass is 10.1. The number of esters is 1. The van der Waals surface area contributed by atoms with E-state index >= 15 is 0 Å². The van der Waals surface area contributed by atoms with Crippen LogP contribution in [-0.4, -0.2) is 48.1 Å². The topological polar surface area (TPSA) is 102 Å². The van der Waals surface area contributed by atoms with Crippen molar-refractivity contribution in [2.45, 2.75) is 12.8 Å². The van der Waals surface area contributed by atoms with Crippen molar-refractivity contribution in [1.29, 1.82) is 0 Å². The molecule has 3 rings (SSSR count). The molecule has 0 amide bonds. The predicted molar refractivity (Wildman–Crippen MR) is 96.0 cm³/mol. The highest BCUT2D eigenvalue weighted by Gasteiger charge is 2.31. The quantitative estimate of drug-likeness (QED) is 0.457. The van der Waals surface area contributed by atoms with Gasteiger partial charge in [-0.2, -0.15) is 0 Å². The Hall–Kier alpha value is -3.23. The fourth-order valence-electron chi connectivity index (χ4n) is 3.09. The predicted octanol–water partition coefficient (Wildman–Crippen LogP) is 2.54. The van der Waals surface area contributed by atoms with Crippen molar-refractivity contribution >= 4 is 29.0 Å². The fourth-order valence-corrected chi connectivity index (χ4v) is 3.09. The number of benzene rings is 1. The largest absolute Gasteiger partial charge is 0.465 e. The zero-order chi connectivity index (χ0) is 18.7. The summed E-state index contributed by atoms with van der Waals surface area (Å²) >= 11 is 0. The molecule has 0 unspecified atom stereocenters. The van der Waals surface area contributed by atoms with Gasteiger partial charge in [0, 0.05) is 20.1 Å². The van der Waals surface area contributed by atoms with Crippen LogP contribution in [0.5, 0.6) is 0 Å². The molecule has 0 saturated carbocycles. The highest BCUT2D eigenvalue weighted by atomic mass is 16.6. The zero-order valence-corrected chi connectivity index (χ0v) is 14.6. The van der Waals surface area contributed by atoms with Crippen LogP contribution in [0.15, 0.2) is 30.6 Å². The summed E-state index contributed by atoms with van der Waals surface area (Å²) in [6.45, 7) is 1.44. The smallest absolute Gasteiger partial charge is 0.353 e. The second-order valence-corrected chi connectivity index (χ2v) is 5.89. The minimum atomic E-state index is -0.524. The minimum Gasteiger partial charge on any atom is -0.465 e. The van der Waals surface area contributed by atoms with E-state index in [2.05, 4.69) is 9.97 Å². The summed E-state index contributed by atoms with van der Waals surface area (Å²) in [5, 5.41) is 11.8. The van der Waals surface area contributed by atoms with Gasteiger partial charge in [-0.15, -0.1) is 0 Å². The van der Waals surface area contributed by atoms with Crippen LogP contribution in [0.25, 0.3) is 0 Å². The van der Waals surface area contributed by atoms with Crippen molar-refractivity contribution in [2.24, 2.45) is 0 Å². The number of methoxy groups -OCH3 is 1. The summed E-state index contributed by atoms with van der Waals surface area (Å²) in [4.78, 5) is 35.0. The first kappa shape index (κ1) is 17.6. The summed E-state index contributed by atoms with van der Waals surface area (Å²) < 4.78 is 4.81. The van der Waals surface area contributed by atoms with Crippen LogP contribution in [0.2, 0.25) is 0 Å². The average Bonchev–Trinajstić information content (AvgIpc) is 3.20. The highest BCUT2D eigenvalue weighted by molar-refractivity contribution is 5.97. The number of para-hydroxylation sites is 1. The van der Waals surface area contributed by atoms with Crippen LogP contribution in [-0.2, 0) is 4.74 Å². The molecule has 1 aromatic heterocycles. The molecular weight excluding hydrogens is 338 g/mol. The van der Waals surface area contributed by atoms with E-state index in [-0.39, 0.29) is 11.5 Å². The van der Waals surface area contributed by atoms with E-state index in [1.165, 1.54) is 18.3 Å². The Morgan fingerprint density at radius 1 is 1.27 bits per heavy atom. The molecule has 0 aliphatic carbocycles. The molecule has 1 saturated heterocycles. The number of anilines is 3. The fraction of sp³-hybridized carbons (Fsp3) is 0.353. The van der Waals surface area contributed by atoms with Crippen LogP contribution in [0.1, 0.15) is 23.2 Å². The van der Waals surface area contributed by atoms with Crippen molar-refractivity contribution in [3.05, 3.63) is 46.3 Å². The molecule has 0 radical (unpaired) electrons. The third-order valence-electron chi connectivity index (χ3n) is 4.36. The van der Waals surface area contributed by atoms with Gasteiger partial charge in [-0.05, 0) is 25.0 Å². The van der Waals surface area contributed by atoms with Gasteiger partial charge in [0.2, 0.25) is 11.6 Å². The monoisotopic (exact) mass is 357 g/mol. The van der Waals surface area contributed by atoms with Gasteiger partial charge in [-0.3, -0.25) is 10.1 Å². The third-order valence-corrected chi connectivity index (χ3v) is 4.36. The molecule has 9 nitrogen and oxygen atoms in total. The maximum absolute atomic E-state index is 12.0. The van der Waals surface area contributed by atoms with E-state index in [0.717, 1.165) is 25.9 Å². The van der Waals surface area contributed by atoms with Crippen molar-refractivity contribution in [1.82, 2.24) is 9.97 Å². The zero-order valence-electron chi connectivity index (χ0n) is 14.6. The Morgan fingerprint density at radius 3 is 2.62 bits per heavy atom. The number of hydrogen-bond donors (Lipinski definition) is 0. The molecular formula is C17H19N5O4. The number of nitro groups is 1. The second kappa shape index (κ2) is 7.34. The molecule has 2 heterocycles. The molecule has 136 valence electrons. The maximum atomic E-state index is 12.0. The van der Waals surface area contributed by atoms with E-state index in [9.17, 15) is 14.9 Å². The first-order valence-corrected chi connectivity index (χ1v) is 8.20. The highest BCUT2D eigenvalue weighted by Crippen LogP contribution is 2.38. The molecule has 0 bridgehead atoms. The summed E-state index contributed by atoms with van der Waals surface area (Å²) in [5.74, 6) is -0.0907. The van der Waals surface area contributed by atoms with Gasteiger partial charge >= 0.3 is 11.7 Å². The van der Waals surface area contributed by atoms with Crippen molar-refractivity contribution < 1.29 is 14.5 Å². The molecule has 2 aromatic rings. The van der Waals surface area contributed by atoms with Gasteiger partial charge in [-0.25, -0.2) is 14.8 Å². The summed E-state index contributed by atoms with van der Waals surface area (Å²) in [7, 11) is 2.92. The Labute approximate surface area is 150 Å². The Bertz CT molecular complexity index is 836. The van der Waals surface area contributed by atoms with Crippen LogP contribution in [0.4, 0.5) is 23.0 Å². The van der Waals surface area contributed by atoms with Crippen molar-refractivity contribution in [3.8, 4) is 0 Å². The first-order chi connectivity index (χ1) is 12.5. The number of aromatic nitrogens is 2. The molecule has 0 N–H and O–H groups in total. The SMILES string of the molecule is COC(=O)c1ccccc1N(C)c1ncnc(N2CCCC2)c1[N+](=O)[O-]. The van der Waals surface area contributed by atoms with Crippen LogP contribution in [0, 0.1) is 10.1 Å². The molecule has 0 atom stereocenters. The summed E-state index contributed by atoms with van der Waals surface area (Å²) in [6.07, 6.45) is 3.25. The lowest BCUT2D eigenvalue weighted by Crippen LogP contribution is -2.23. The Kier molecular flexibility index (Phi) is 4.97. The molecule has 0 spiro atoms. The van der Waals surface area contributed by atoms with E-state index in [0.29, 0.717) is 17.1 Å². The van der Waals surface area contributed by atoms with Gasteiger partial charge in [0.1, 0.15) is 6.33 Å². The van der Waals surface area contributed by atoms with Crippen LogP contribution in [0.3, 0.4) is 0 Å². The number of hydrogen-bond acceptors (Lipinski definition) is 8. The van der Waals surface area contributed by atoms with E-state index in [4.69, 9.17) is 4.74 Å². The van der Waals surface area contributed by atoms with Gasteiger partial charge in [-0.1, -0.05) is 12.1 Å². The molecule has 26 heavy (non-hydrogen) atoms. The van der Waals surface area contributed by atoms with E-state index in [1.807, 2.05) is 4.90 Å². The van der Waals surface area contributed by atoms with Gasteiger partial charge in [0.05, 0.1) is 23.3 Å². The molecule has 1 fully saturated rings. The number of nitrogens with zero attached hydrogens (tertiary/aromatic N) is 5. The number of carbonyl (C=O) groups is 1. The number of rotatable bonds is 5. The van der Waals surface area contributed by atoms with E-state index in [1.54, 1.807) is 31.3 Å². The van der Waals surface area contributed by atoms with Gasteiger partial charge in [0.15, 0.2) is 0 Å². The Balaban J connectivity index is 2.11. The number of ether oxygens (including phenoxy) is 1. The second-order valence-electron chi connectivity index (χ2n) is 5.89. The maximum Gasteiger partial charge on any atom is 0.353 e. The van der Waals surface area contributed by atoms with Crippen LogP contribution >= 0.6 is 0 Å². The molecule has 1 aromatic carbocycles. The summed E-state index contributed by atoms with van der Waals surface area (Å²) in [5.41, 5.74) is 0.596. The van der Waals surface area contributed by atoms with E-state index < -0.39 is 10.9 Å². The third kappa shape index (κ3) is 3.15. The van der Waals surface area contributed by atoms with Gasteiger partial charge < -0.3 is 14.5 Å². The Morgan fingerprint density at radius 2 is 1.96 bits per heavy atom. The number of carbonyl (C=O) groups excluding carboxylic acids is 1. The molecule has 9 heteroatoms. The lowest BCUT2D eigenvalue weighted by Gasteiger charge is -2.23. The lowest BCUT2D eigenvalue weighted by molar-refractivity contribution is -0.383. The normalized spacial score (nSPS) is 13.5. The van der Waals surface area contributed by atoms with Crippen molar-refractivity contribution in [3.63, 3.8) is 0 Å². The average molecular weight is 357 g/mol. The molecule has 1 aliphatic rings. The summed E-state index contributed by atoms with van der Waals surface area (Å²) in [6, 6.07) is 6.74.